The van der Waals surface area contributed by atoms with Crippen LogP contribution in [0.2, 0.25) is 0 Å². The van der Waals surface area contributed by atoms with Gasteiger partial charge < -0.3 is 0 Å². The van der Waals surface area contributed by atoms with Crippen LogP contribution in [0.25, 0.3) is 0 Å². The highest BCUT2D eigenvalue weighted by Gasteiger charge is 1.99. The van der Waals surface area contributed by atoms with E-state index in [1.165, 1.54) is 12.2 Å². The molecule has 0 atom stereocenters. The van der Waals surface area contributed by atoms with E-state index in [-0.39, 0.29) is 11.7 Å². The van der Waals surface area contributed by atoms with E-state index in [1.54, 1.807) is 6.92 Å². The molecule has 0 aliphatic carbocycles. The molecule has 12 heavy (non-hydrogen) atoms. The topological polar surface area (TPSA) is 40.9 Å². The third kappa shape index (κ3) is 4.79. The third-order valence-corrected chi connectivity index (χ3v) is 1.39. The lowest BCUT2D eigenvalue weighted by atomic mass is 10.2. The number of carbonyl (C=O) groups is 1. The molecule has 0 heterocycles. The highest BCUT2D eigenvalue weighted by Crippen LogP contribution is 1.97. The molecule has 0 aromatic rings. The SMILES string of the molecule is C/C(=C\C=C/C(=N)F)C(=O)CCl. The maximum Gasteiger partial charge on any atom is 0.205 e. The predicted octanol–water partition coefficient (Wildman–Crippen LogP) is 2.24. The van der Waals surface area contributed by atoms with Crippen molar-refractivity contribution in [1.29, 1.82) is 5.41 Å². The molecular weight excluding hydrogens is 181 g/mol. The molecule has 1 N–H and O–H groups in total. The first kappa shape index (κ1) is 11.0. The minimum Gasteiger partial charge on any atom is -0.293 e. The van der Waals surface area contributed by atoms with Gasteiger partial charge in [0.1, 0.15) is 0 Å². The molecule has 0 saturated carbocycles. The molecule has 0 fully saturated rings. The van der Waals surface area contributed by atoms with Crippen LogP contribution in [0.15, 0.2) is 23.8 Å². The van der Waals surface area contributed by atoms with E-state index in [0.717, 1.165) is 6.08 Å². The largest absolute Gasteiger partial charge is 0.293 e. The third-order valence-electron chi connectivity index (χ3n) is 1.15. The smallest absolute Gasteiger partial charge is 0.205 e. The van der Waals surface area contributed by atoms with Gasteiger partial charge in [-0.1, -0.05) is 12.2 Å². The molecule has 0 rings (SSSR count). The second kappa shape index (κ2) is 5.66. The molecule has 4 heteroatoms. The summed E-state index contributed by atoms with van der Waals surface area (Å²) in [4.78, 5) is 10.8. The number of nitrogens with one attached hydrogen (secondary N) is 1. The molecule has 0 aliphatic heterocycles. The lowest BCUT2D eigenvalue weighted by Gasteiger charge is -1.91. The summed E-state index contributed by atoms with van der Waals surface area (Å²) in [5, 5.41) is 6.40. The molecule has 0 aromatic heterocycles. The predicted molar refractivity (Wildman–Crippen MR) is 47.5 cm³/mol. The van der Waals surface area contributed by atoms with E-state index < -0.39 is 5.97 Å². The van der Waals surface area contributed by atoms with Crippen molar-refractivity contribution >= 4 is 23.3 Å². The lowest BCUT2D eigenvalue weighted by Crippen LogP contribution is -1.99. The zero-order valence-electron chi connectivity index (χ0n) is 6.60. The van der Waals surface area contributed by atoms with Gasteiger partial charge >= 0.3 is 0 Å². The first-order valence-corrected chi connectivity index (χ1v) is 3.79. The Morgan fingerprint density at radius 1 is 1.67 bits per heavy atom. The molecule has 2 nitrogen and oxygen atoms in total. The van der Waals surface area contributed by atoms with Crippen LogP contribution in [0.3, 0.4) is 0 Å². The maximum atomic E-state index is 11.8. The van der Waals surface area contributed by atoms with Gasteiger partial charge in [-0.3, -0.25) is 10.2 Å². The number of ketones is 1. The molecule has 0 bridgehead atoms. The van der Waals surface area contributed by atoms with Crippen molar-refractivity contribution in [2.45, 2.75) is 6.92 Å². The van der Waals surface area contributed by atoms with Crippen molar-refractivity contribution in [3.05, 3.63) is 23.8 Å². The van der Waals surface area contributed by atoms with Gasteiger partial charge in [0.2, 0.25) is 5.97 Å². The van der Waals surface area contributed by atoms with Crippen LogP contribution in [0.1, 0.15) is 6.92 Å². The number of allylic oxidation sites excluding steroid dienone is 4. The van der Waals surface area contributed by atoms with Gasteiger partial charge in [-0.2, -0.15) is 4.39 Å². The number of alkyl halides is 1. The molecule has 0 aromatic carbocycles. The first-order chi connectivity index (χ1) is 5.57. The van der Waals surface area contributed by atoms with Gasteiger partial charge in [0.15, 0.2) is 5.78 Å². The van der Waals surface area contributed by atoms with Crippen molar-refractivity contribution in [3.8, 4) is 0 Å². The maximum absolute atomic E-state index is 11.8. The first-order valence-electron chi connectivity index (χ1n) is 3.26. The van der Waals surface area contributed by atoms with E-state index in [9.17, 15) is 9.18 Å². The van der Waals surface area contributed by atoms with E-state index in [4.69, 9.17) is 17.0 Å². The quantitative estimate of drug-likeness (QED) is 0.313. The fourth-order valence-corrected chi connectivity index (χ4v) is 0.686. The number of hydrogen-bond donors (Lipinski definition) is 1. The fourth-order valence-electron chi connectivity index (χ4n) is 0.475. The highest BCUT2D eigenvalue weighted by molar-refractivity contribution is 6.30. The average Bonchev–Trinajstić information content (AvgIpc) is 2.02. The number of hydrogen-bond acceptors (Lipinski definition) is 2. The Kier molecular flexibility index (Phi) is 5.21. The van der Waals surface area contributed by atoms with Crippen molar-refractivity contribution < 1.29 is 9.18 Å². The van der Waals surface area contributed by atoms with E-state index >= 15 is 0 Å². The van der Waals surface area contributed by atoms with Crippen LogP contribution in [-0.2, 0) is 4.79 Å². The number of halogens is 2. The zero-order valence-corrected chi connectivity index (χ0v) is 7.36. The molecule has 0 radical (unpaired) electrons. The Balaban J connectivity index is 4.18. The summed E-state index contributed by atoms with van der Waals surface area (Å²) < 4.78 is 11.8. The molecule has 0 aliphatic rings. The summed E-state index contributed by atoms with van der Waals surface area (Å²) in [5.41, 5.74) is 0.447. The van der Waals surface area contributed by atoms with Gasteiger partial charge in [0.25, 0.3) is 0 Å². The van der Waals surface area contributed by atoms with Crippen LogP contribution < -0.4 is 0 Å². The number of rotatable bonds is 4. The second-order valence-corrected chi connectivity index (χ2v) is 2.38. The van der Waals surface area contributed by atoms with Gasteiger partial charge in [-0.05, 0) is 18.6 Å². The van der Waals surface area contributed by atoms with Gasteiger partial charge in [0.05, 0.1) is 5.88 Å². The lowest BCUT2D eigenvalue weighted by molar-refractivity contribution is -0.113. The van der Waals surface area contributed by atoms with Gasteiger partial charge in [0, 0.05) is 0 Å². The summed E-state index contributed by atoms with van der Waals surface area (Å²) >= 11 is 5.26. The van der Waals surface area contributed by atoms with Gasteiger partial charge in [-0.25, -0.2) is 0 Å². The molecule has 0 unspecified atom stereocenters. The Morgan fingerprint density at radius 2 is 2.25 bits per heavy atom. The number of carbonyl (C=O) groups excluding carboxylic acids is 1. The van der Waals surface area contributed by atoms with Crippen molar-refractivity contribution in [2.24, 2.45) is 0 Å². The van der Waals surface area contributed by atoms with Crippen molar-refractivity contribution in [2.75, 3.05) is 5.88 Å². The molecule has 0 saturated heterocycles. The average molecular weight is 190 g/mol. The Hall–Kier alpha value is -0.960. The summed E-state index contributed by atoms with van der Waals surface area (Å²) in [6.45, 7) is 1.58. The van der Waals surface area contributed by atoms with E-state index in [1.807, 2.05) is 0 Å². The van der Waals surface area contributed by atoms with Crippen molar-refractivity contribution in [3.63, 3.8) is 0 Å². The summed E-state index contributed by atoms with van der Waals surface area (Å²) in [5.74, 6) is -1.33. The summed E-state index contributed by atoms with van der Waals surface area (Å²) in [6.07, 6.45) is 3.66. The van der Waals surface area contributed by atoms with Crippen LogP contribution in [0.5, 0.6) is 0 Å². The second-order valence-electron chi connectivity index (χ2n) is 2.11. The summed E-state index contributed by atoms with van der Waals surface area (Å²) in [7, 11) is 0. The number of Topliss-reactive ketones (excluding diaryl/α,β-unsaturated/α-hetero) is 1. The Bertz CT molecular complexity index is 245. The van der Waals surface area contributed by atoms with Crippen LogP contribution in [0.4, 0.5) is 4.39 Å². The molecular formula is C8H9ClFNO. The van der Waals surface area contributed by atoms with Gasteiger partial charge in [-0.15, -0.1) is 11.6 Å². The van der Waals surface area contributed by atoms with Crippen molar-refractivity contribution in [1.82, 2.24) is 0 Å². The minimum absolute atomic E-state index is 0.0801. The zero-order chi connectivity index (χ0) is 9.56. The molecule has 66 valence electrons. The normalized spacial score (nSPS) is 12.1. The molecule has 0 amide bonds. The van der Waals surface area contributed by atoms with E-state index in [2.05, 4.69) is 0 Å². The Labute approximate surface area is 75.2 Å². The highest BCUT2D eigenvalue weighted by atomic mass is 35.5. The van der Waals surface area contributed by atoms with Crippen LogP contribution in [-0.4, -0.2) is 17.6 Å². The fraction of sp³-hybridized carbons (Fsp3) is 0.250. The molecule has 0 spiro atoms. The minimum atomic E-state index is -1.04. The monoisotopic (exact) mass is 189 g/mol. The van der Waals surface area contributed by atoms with E-state index in [0.29, 0.717) is 5.57 Å². The van der Waals surface area contributed by atoms with Crippen LogP contribution in [0, 0.1) is 5.41 Å². The van der Waals surface area contributed by atoms with Crippen LogP contribution >= 0.6 is 11.6 Å². The summed E-state index contributed by atoms with van der Waals surface area (Å²) in [6, 6.07) is 0. The Morgan fingerprint density at radius 3 is 2.67 bits per heavy atom. The standard InChI is InChI=1S/C8H9ClFNO/c1-6(7(12)5-9)3-2-4-8(10)11/h2-4,11H,5H2,1H3/b4-2-,6-3+,11-8?.